The molecule has 33 heavy (non-hydrogen) atoms. The van der Waals surface area contributed by atoms with Crippen molar-refractivity contribution >= 4 is 27.0 Å². The van der Waals surface area contributed by atoms with Crippen LogP contribution in [0.25, 0.3) is 22.4 Å². The molecule has 1 aliphatic rings. The molecule has 8 heteroatoms. The Morgan fingerprint density at radius 1 is 1.03 bits per heavy atom. The van der Waals surface area contributed by atoms with Crippen LogP contribution >= 0.6 is 0 Å². The van der Waals surface area contributed by atoms with E-state index in [1.54, 1.807) is 18.2 Å². The first kappa shape index (κ1) is 21.4. The number of aromatic nitrogens is 2. The Morgan fingerprint density at radius 2 is 1.76 bits per heavy atom. The number of carbonyl (C=O) groups excluding carboxylic acids is 1. The molecule has 0 aliphatic carbocycles. The molecule has 0 saturated carbocycles. The van der Waals surface area contributed by atoms with E-state index in [9.17, 15) is 13.2 Å². The number of nitrogens with zero attached hydrogens (tertiary/aromatic N) is 2. The van der Waals surface area contributed by atoms with Gasteiger partial charge in [-0.2, -0.15) is 4.31 Å². The molecule has 2 heterocycles. The van der Waals surface area contributed by atoms with Gasteiger partial charge in [-0.15, -0.1) is 0 Å². The largest absolute Gasteiger partial charge is 0.351 e. The van der Waals surface area contributed by atoms with E-state index in [4.69, 9.17) is 0 Å². The van der Waals surface area contributed by atoms with E-state index < -0.39 is 16.1 Å². The Labute approximate surface area is 192 Å². The van der Waals surface area contributed by atoms with Crippen LogP contribution in [0.15, 0.2) is 83.8 Å². The number of hydrogen-bond donors (Lipinski definition) is 2. The van der Waals surface area contributed by atoms with E-state index in [-0.39, 0.29) is 10.8 Å². The Bertz CT molecular complexity index is 1390. The second kappa shape index (κ2) is 8.80. The predicted molar refractivity (Wildman–Crippen MR) is 127 cm³/mol. The van der Waals surface area contributed by atoms with Crippen LogP contribution in [0.2, 0.25) is 0 Å². The average molecular weight is 461 g/mol. The smallest absolute Gasteiger partial charge is 0.243 e. The molecule has 1 saturated heterocycles. The zero-order valence-electron chi connectivity index (χ0n) is 17.9. The van der Waals surface area contributed by atoms with Gasteiger partial charge in [0, 0.05) is 18.7 Å². The summed E-state index contributed by atoms with van der Waals surface area (Å²) in [6, 6.07) is 23.4. The van der Waals surface area contributed by atoms with Crippen LogP contribution in [0, 0.1) is 0 Å². The second-order valence-corrected chi connectivity index (χ2v) is 10.00. The molecule has 4 aromatic rings. The number of carbonyl (C=O) groups is 1. The zero-order valence-corrected chi connectivity index (χ0v) is 18.8. The van der Waals surface area contributed by atoms with Gasteiger partial charge in [-0.25, -0.2) is 13.4 Å². The predicted octanol–water partition coefficient (Wildman–Crippen LogP) is 3.70. The van der Waals surface area contributed by atoms with Crippen molar-refractivity contribution in [2.45, 2.75) is 30.3 Å². The quantitative estimate of drug-likeness (QED) is 0.459. The maximum absolute atomic E-state index is 13.5. The van der Waals surface area contributed by atoms with E-state index in [2.05, 4.69) is 15.3 Å². The normalized spacial score (nSPS) is 16.8. The van der Waals surface area contributed by atoms with Gasteiger partial charge in [-0.05, 0) is 36.6 Å². The maximum atomic E-state index is 13.5. The van der Waals surface area contributed by atoms with E-state index in [0.29, 0.717) is 42.8 Å². The van der Waals surface area contributed by atoms with E-state index >= 15 is 0 Å². The van der Waals surface area contributed by atoms with Crippen molar-refractivity contribution in [2.75, 3.05) is 6.54 Å². The number of imidazole rings is 1. The van der Waals surface area contributed by atoms with Gasteiger partial charge in [0.2, 0.25) is 15.9 Å². The van der Waals surface area contributed by atoms with E-state index in [1.165, 1.54) is 4.31 Å². The molecule has 1 amide bonds. The fraction of sp³-hybridized carbons (Fsp3) is 0.200. The average Bonchev–Trinajstić information content (AvgIpc) is 3.51. The van der Waals surface area contributed by atoms with Crippen LogP contribution in [-0.2, 0) is 21.4 Å². The minimum Gasteiger partial charge on any atom is -0.351 e. The van der Waals surface area contributed by atoms with Gasteiger partial charge in [0.1, 0.15) is 11.9 Å². The summed E-state index contributed by atoms with van der Waals surface area (Å²) in [6.45, 7) is 0.689. The van der Waals surface area contributed by atoms with Crippen molar-refractivity contribution in [1.29, 1.82) is 0 Å². The summed E-state index contributed by atoms with van der Waals surface area (Å²) in [5, 5.41) is 2.88. The molecule has 1 aromatic heterocycles. The van der Waals surface area contributed by atoms with E-state index in [0.717, 1.165) is 11.1 Å². The van der Waals surface area contributed by atoms with Gasteiger partial charge in [-0.3, -0.25) is 4.79 Å². The Kier molecular flexibility index (Phi) is 5.70. The molecule has 1 aliphatic heterocycles. The summed E-state index contributed by atoms with van der Waals surface area (Å²) in [5.41, 5.74) is 3.22. The number of hydrogen-bond acceptors (Lipinski definition) is 4. The van der Waals surface area contributed by atoms with Crippen molar-refractivity contribution in [2.24, 2.45) is 0 Å². The van der Waals surface area contributed by atoms with Crippen molar-refractivity contribution < 1.29 is 13.2 Å². The number of sulfonamides is 1. The molecule has 1 fully saturated rings. The monoisotopic (exact) mass is 460 g/mol. The highest BCUT2D eigenvalue weighted by Crippen LogP contribution is 2.29. The van der Waals surface area contributed by atoms with Crippen LogP contribution in [-0.4, -0.2) is 41.2 Å². The lowest BCUT2D eigenvalue weighted by atomic mass is 10.2. The number of benzene rings is 3. The highest BCUT2D eigenvalue weighted by Gasteiger charge is 2.39. The molecular formula is C25H24N4O3S. The third kappa shape index (κ3) is 4.27. The van der Waals surface area contributed by atoms with E-state index in [1.807, 2.05) is 60.7 Å². The first-order valence-electron chi connectivity index (χ1n) is 10.9. The zero-order chi connectivity index (χ0) is 22.8. The molecule has 3 aromatic carbocycles. The second-order valence-electron chi connectivity index (χ2n) is 8.11. The molecule has 5 rings (SSSR count). The number of rotatable bonds is 6. The molecule has 0 spiro atoms. The van der Waals surface area contributed by atoms with Gasteiger partial charge in [0.05, 0.1) is 15.9 Å². The summed E-state index contributed by atoms with van der Waals surface area (Å²) in [6.07, 6.45) is 1.15. The Morgan fingerprint density at radius 3 is 2.52 bits per heavy atom. The summed E-state index contributed by atoms with van der Waals surface area (Å²) in [4.78, 5) is 20.8. The molecule has 1 atom stereocenters. The van der Waals surface area contributed by atoms with Gasteiger partial charge >= 0.3 is 0 Å². The minimum absolute atomic E-state index is 0.154. The van der Waals surface area contributed by atoms with Crippen LogP contribution in [0.1, 0.15) is 18.4 Å². The summed E-state index contributed by atoms with van der Waals surface area (Å²) in [5.74, 6) is 0.411. The summed E-state index contributed by atoms with van der Waals surface area (Å²) >= 11 is 0. The van der Waals surface area contributed by atoms with Crippen LogP contribution in [0.4, 0.5) is 0 Å². The molecule has 0 bridgehead atoms. The number of nitrogens with one attached hydrogen (secondary N) is 2. The fourth-order valence-corrected chi connectivity index (χ4v) is 5.89. The maximum Gasteiger partial charge on any atom is 0.243 e. The fourth-order valence-electron chi connectivity index (χ4n) is 4.21. The molecule has 0 radical (unpaired) electrons. The van der Waals surface area contributed by atoms with Crippen molar-refractivity contribution in [3.63, 3.8) is 0 Å². The van der Waals surface area contributed by atoms with Crippen molar-refractivity contribution in [1.82, 2.24) is 19.6 Å². The Hall–Kier alpha value is -3.49. The highest BCUT2D eigenvalue weighted by molar-refractivity contribution is 7.89. The number of amides is 1. The SMILES string of the molecule is O=C(NCc1ccccc1)C1CCCN1S(=O)(=O)c1ccc2nc(-c3ccccc3)[nH]c2c1. The lowest BCUT2D eigenvalue weighted by Crippen LogP contribution is -2.45. The topological polar surface area (TPSA) is 95.2 Å². The lowest BCUT2D eigenvalue weighted by molar-refractivity contribution is -0.124. The van der Waals surface area contributed by atoms with Gasteiger partial charge in [0.25, 0.3) is 0 Å². The van der Waals surface area contributed by atoms with Crippen LogP contribution in [0.3, 0.4) is 0 Å². The summed E-state index contributed by atoms with van der Waals surface area (Å²) < 4.78 is 28.2. The number of fused-ring (bicyclic) bond motifs is 1. The first-order chi connectivity index (χ1) is 16.0. The van der Waals surface area contributed by atoms with Gasteiger partial charge < -0.3 is 10.3 Å². The van der Waals surface area contributed by atoms with Crippen LogP contribution in [0.5, 0.6) is 0 Å². The molecule has 7 nitrogen and oxygen atoms in total. The molecular weight excluding hydrogens is 436 g/mol. The highest BCUT2D eigenvalue weighted by atomic mass is 32.2. The third-order valence-corrected chi connectivity index (χ3v) is 7.83. The molecule has 2 N–H and O–H groups in total. The van der Waals surface area contributed by atoms with Crippen molar-refractivity contribution in [3.8, 4) is 11.4 Å². The third-order valence-electron chi connectivity index (χ3n) is 5.92. The number of H-pyrrole nitrogens is 1. The first-order valence-corrected chi connectivity index (χ1v) is 12.3. The van der Waals surface area contributed by atoms with Crippen molar-refractivity contribution in [3.05, 3.63) is 84.4 Å². The molecule has 168 valence electrons. The standard InChI is InChI=1S/C25H24N4O3S/c30-25(26-17-18-8-3-1-4-9-18)23-12-7-15-29(23)33(31,32)20-13-14-21-22(16-20)28-24(27-21)19-10-5-2-6-11-19/h1-6,8-11,13-14,16,23H,7,12,15,17H2,(H,26,30)(H,27,28). The minimum atomic E-state index is -3.84. The van der Waals surface area contributed by atoms with Gasteiger partial charge in [0.15, 0.2) is 0 Å². The summed E-state index contributed by atoms with van der Waals surface area (Å²) in [7, 11) is -3.84. The van der Waals surface area contributed by atoms with Crippen LogP contribution < -0.4 is 5.32 Å². The molecule has 1 unspecified atom stereocenters. The lowest BCUT2D eigenvalue weighted by Gasteiger charge is -2.23. The number of aromatic amines is 1. The Balaban J connectivity index is 1.38. The van der Waals surface area contributed by atoms with Gasteiger partial charge in [-0.1, -0.05) is 60.7 Å².